The zero-order valence-corrected chi connectivity index (χ0v) is 14.6. The summed E-state index contributed by atoms with van der Waals surface area (Å²) in [5.41, 5.74) is 2.15. The van der Waals surface area contributed by atoms with E-state index in [1.165, 1.54) is 5.56 Å². The molecule has 0 fully saturated rings. The van der Waals surface area contributed by atoms with Crippen LogP contribution in [0.3, 0.4) is 0 Å². The second-order valence-corrected chi connectivity index (χ2v) is 5.85. The van der Waals surface area contributed by atoms with Gasteiger partial charge < -0.3 is 10.1 Å². The number of nitrogens with zero attached hydrogens (tertiary/aromatic N) is 2. The minimum Gasteiger partial charge on any atom is -0.378 e. The van der Waals surface area contributed by atoms with Crippen molar-refractivity contribution in [3.8, 4) is 0 Å². The van der Waals surface area contributed by atoms with E-state index in [9.17, 15) is 0 Å². The molecule has 112 valence electrons. The summed E-state index contributed by atoms with van der Waals surface area (Å²) in [6.45, 7) is 3.55. The fourth-order valence-corrected chi connectivity index (χ4v) is 2.58. The third kappa shape index (κ3) is 4.64. The molecule has 0 atom stereocenters. The van der Waals surface area contributed by atoms with Crippen molar-refractivity contribution in [1.82, 2.24) is 9.97 Å². The average molecular weight is 397 g/mol. The third-order valence-corrected chi connectivity index (χ3v) is 4.13. The highest BCUT2D eigenvalue weighted by molar-refractivity contribution is 14.1. The summed E-state index contributed by atoms with van der Waals surface area (Å²) in [7, 11) is 1.69. The fourth-order valence-electron chi connectivity index (χ4n) is 2.00. The Labute approximate surface area is 139 Å². The summed E-state index contributed by atoms with van der Waals surface area (Å²) in [6, 6.07) is 10.3. The SMILES string of the molecule is CCCNc1nc(Cc2ccccc2)nc(COC)c1I. The zero-order chi connectivity index (χ0) is 15.1. The Morgan fingerprint density at radius 2 is 1.95 bits per heavy atom. The highest BCUT2D eigenvalue weighted by Crippen LogP contribution is 2.21. The van der Waals surface area contributed by atoms with Gasteiger partial charge in [-0.15, -0.1) is 0 Å². The number of benzene rings is 1. The molecular formula is C16H20IN3O. The summed E-state index contributed by atoms with van der Waals surface area (Å²) in [5.74, 6) is 1.73. The molecule has 5 heteroatoms. The number of aromatic nitrogens is 2. The fraction of sp³-hybridized carbons (Fsp3) is 0.375. The molecule has 0 aliphatic heterocycles. The van der Waals surface area contributed by atoms with E-state index in [-0.39, 0.29) is 0 Å². The van der Waals surface area contributed by atoms with E-state index in [0.29, 0.717) is 6.61 Å². The maximum atomic E-state index is 5.25. The lowest BCUT2D eigenvalue weighted by molar-refractivity contribution is 0.180. The first-order valence-corrected chi connectivity index (χ1v) is 8.14. The Hall–Kier alpha value is -1.21. The lowest BCUT2D eigenvalue weighted by Gasteiger charge is -2.12. The molecule has 0 saturated heterocycles. The molecule has 0 amide bonds. The Morgan fingerprint density at radius 1 is 1.19 bits per heavy atom. The van der Waals surface area contributed by atoms with Crippen molar-refractivity contribution >= 4 is 28.4 Å². The summed E-state index contributed by atoms with van der Waals surface area (Å²) < 4.78 is 6.29. The smallest absolute Gasteiger partial charge is 0.143 e. The van der Waals surface area contributed by atoms with Gasteiger partial charge in [-0.3, -0.25) is 0 Å². The van der Waals surface area contributed by atoms with Gasteiger partial charge in [-0.05, 0) is 34.6 Å². The first kappa shape index (κ1) is 16.2. The van der Waals surface area contributed by atoms with Gasteiger partial charge in [0, 0.05) is 20.1 Å². The van der Waals surface area contributed by atoms with Gasteiger partial charge in [0.15, 0.2) is 0 Å². The minimum atomic E-state index is 0.503. The molecule has 21 heavy (non-hydrogen) atoms. The van der Waals surface area contributed by atoms with E-state index in [0.717, 1.165) is 40.3 Å². The van der Waals surface area contributed by atoms with Crippen molar-refractivity contribution in [3.05, 3.63) is 51.0 Å². The van der Waals surface area contributed by atoms with E-state index in [4.69, 9.17) is 4.74 Å². The normalized spacial score (nSPS) is 10.6. The highest BCUT2D eigenvalue weighted by Gasteiger charge is 2.12. The first-order chi connectivity index (χ1) is 10.2. The van der Waals surface area contributed by atoms with Gasteiger partial charge in [-0.1, -0.05) is 37.3 Å². The predicted molar refractivity (Wildman–Crippen MR) is 93.5 cm³/mol. The average Bonchev–Trinajstić information content (AvgIpc) is 2.50. The summed E-state index contributed by atoms with van der Waals surface area (Å²) in [5, 5.41) is 3.37. The van der Waals surface area contributed by atoms with E-state index in [1.807, 2.05) is 18.2 Å². The van der Waals surface area contributed by atoms with Crippen LogP contribution in [0.15, 0.2) is 30.3 Å². The second kappa shape index (κ2) is 8.29. The monoisotopic (exact) mass is 397 g/mol. The number of halogens is 1. The number of methoxy groups -OCH3 is 1. The van der Waals surface area contributed by atoms with Crippen LogP contribution < -0.4 is 5.32 Å². The summed E-state index contributed by atoms with van der Waals surface area (Å²) in [4.78, 5) is 9.31. The first-order valence-electron chi connectivity index (χ1n) is 7.06. The van der Waals surface area contributed by atoms with Crippen LogP contribution in [0.5, 0.6) is 0 Å². The van der Waals surface area contributed by atoms with E-state index in [2.05, 4.69) is 56.9 Å². The molecule has 1 aromatic carbocycles. The Balaban J connectivity index is 2.29. The largest absolute Gasteiger partial charge is 0.378 e. The minimum absolute atomic E-state index is 0.503. The van der Waals surface area contributed by atoms with Crippen LogP contribution in [0.1, 0.15) is 30.4 Å². The molecular weight excluding hydrogens is 377 g/mol. The van der Waals surface area contributed by atoms with Crippen molar-refractivity contribution in [2.24, 2.45) is 0 Å². The standard InChI is InChI=1S/C16H20IN3O/c1-3-9-18-16-15(17)13(11-21-2)19-14(20-16)10-12-7-5-4-6-8-12/h4-8H,3,9-11H2,1-2H3,(H,18,19,20). The molecule has 0 spiro atoms. The molecule has 1 N–H and O–H groups in total. The number of ether oxygens (including phenoxy) is 1. The van der Waals surface area contributed by atoms with Crippen molar-refractivity contribution in [2.75, 3.05) is 19.0 Å². The lowest BCUT2D eigenvalue weighted by Crippen LogP contribution is -2.11. The van der Waals surface area contributed by atoms with Crippen molar-refractivity contribution in [1.29, 1.82) is 0 Å². The van der Waals surface area contributed by atoms with Gasteiger partial charge in [-0.25, -0.2) is 9.97 Å². The van der Waals surface area contributed by atoms with Crippen LogP contribution in [0, 0.1) is 3.57 Å². The summed E-state index contributed by atoms with van der Waals surface area (Å²) in [6.07, 6.45) is 1.79. The van der Waals surface area contributed by atoms with Gasteiger partial charge in [-0.2, -0.15) is 0 Å². The van der Waals surface area contributed by atoms with Gasteiger partial charge >= 0.3 is 0 Å². The predicted octanol–water partition coefficient (Wildman–Crippen LogP) is 3.64. The van der Waals surface area contributed by atoms with Gasteiger partial charge in [0.05, 0.1) is 15.9 Å². The van der Waals surface area contributed by atoms with Crippen LogP contribution in [0.2, 0.25) is 0 Å². The molecule has 0 saturated carbocycles. The number of anilines is 1. The molecule has 1 aromatic heterocycles. The van der Waals surface area contributed by atoms with Gasteiger partial charge in [0.1, 0.15) is 11.6 Å². The van der Waals surface area contributed by atoms with Crippen LogP contribution in [-0.4, -0.2) is 23.6 Å². The third-order valence-electron chi connectivity index (χ3n) is 2.99. The molecule has 2 rings (SSSR count). The van der Waals surface area contributed by atoms with Crippen LogP contribution in [0.4, 0.5) is 5.82 Å². The molecule has 0 radical (unpaired) electrons. The van der Waals surface area contributed by atoms with Crippen LogP contribution in [0.25, 0.3) is 0 Å². The number of hydrogen-bond acceptors (Lipinski definition) is 4. The molecule has 2 aromatic rings. The van der Waals surface area contributed by atoms with E-state index < -0.39 is 0 Å². The van der Waals surface area contributed by atoms with E-state index >= 15 is 0 Å². The molecule has 0 aliphatic rings. The summed E-state index contributed by atoms with van der Waals surface area (Å²) >= 11 is 2.28. The van der Waals surface area contributed by atoms with Crippen LogP contribution in [-0.2, 0) is 17.8 Å². The topological polar surface area (TPSA) is 47.0 Å². The molecule has 0 bridgehead atoms. The zero-order valence-electron chi connectivity index (χ0n) is 12.4. The van der Waals surface area contributed by atoms with Gasteiger partial charge in [0.25, 0.3) is 0 Å². The quantitative estimate of drug-likeness (QED) is 0.725. The number of hydrogen-bond donors (Lipinski definition) is 1. The maximum Gasteiger partial charge on any atom is 0.143 e. The molecule has 4 nitrogen and oxygen atoms in total. The van der Waals surface area contributed by atoms with Crippen molar-refractivity contribution < 1.29 is 4.74 Å². The number of nitrogens with one attached hydrogen (secondary N) is 1. The highest BCUT2D eigenvalue weighted by atomic mass is 127. The molecule has 0 unspecified atom stereocenters. The van der Waals surface area contributed by atoms with Crippen LogP contribution >= 0.6 is 22.6 Å². The molecule has 1 heterocycles. The number of rotatable bonds is 7. The van der Waals surface area contributed by atoms with Crippen molar-refractivity contribution in [2.45, 2.75) is 26.4 Å². The Kier molecular flexibility index (Phi) is 6.38. The second-order valence-electron chi connectivity index (χ2n) is 4.77. The Bertz CT molecular complexity index is 575. The Morgan fingerprint density at radius 3 is 2.62 bits per heavy atom. The molecule has 0 aliphatic carbocycles. The lowest BCUT2D eigenvalue weighted by atomic mass is 10.1. The van der Waals surface area contributed by atoms with E-state index in [1.54, 1.807) is 7.11 Å². The van der Waals surface area contributed by atoms with Gasteiger partial charge in [0.2, 0.25) is 0 Å². The maximum absolute atomic E-state index is 5.25. The van der Waals surface area contributed by atoms with Crippen molar-refractivity contribution in [3.63, 3.8) is 0 Å².